The highest BCUT2D eigenvalue weighted by Crippen LogP contribution is 2.44. The first-order valence-electron chi connectivity index (χ1n) is 10.3. The molecule has 0 spiro atoms. The topological polar surface area (TPSA) is 58.6 Å². The molecular formula is C24H33NO3Si. The van der Waals surface area contributed by atoms with Gasteiger partial charge in [0.25, 0.3) is 8.32 Å². The Bertz CT molecular complexity index is 806. The van der Waals surface area contributed by atoms with Gasteiger partial charge < -0.3 is 14.8 Å². The first-order valence-corrected chi connectivity index (χ1v) is 12.2. The van der Waals surface area contributed by atoms with E-state index in [1.165, 1.54) is 17.3 Å². The number of aliphatic hydroxyl groups is 1. The summed E-state index contributed by atoms with van der Waals surface area (Å²) < 4.78 is 6.97. The lowest BCUT2D eigenvalue weighted by Gasteiger charge is -2.56. The first kappa shape index (κ1) is 21.7. The summed E-state index contributed by atoms with van der Waals surface area (Å²) in [6.07, 6.45) is 1.36. The fraction of sp³-hybridized carbons (Fsp3) is 0.458. The molecule has 2 aromatic rings. The molecule has 0 aromatic heterocycles. The van der Waals surface area contributed by atoms with Crippen molar-refractivity contribution in [3.8, 4) is 0 Å². The van der Waals surface area contributed by atoms with Gasteiger partial charge in [0.15, 0.2) is 0 Å². The minimum absolute atomic E-state index is 0.143. The molecule has 1 aliphatic rings. The van der Waals surface area contributed by atoms with E-state index in [-0.39, 0.29) is 17.6 Å². The van der Waals surface area contributed by atoms with Gasteiger partial charge in [0.1, 0.15) is 0 Å². The number of hydrogen-bond donors (Lipinski definition) is 2. The van der Waals surface area contributed by atoms with Crippen molar-refractivity contribution in [3.05, 3.63) is 60.7 Å². The highest BCUT2D eigenvalue weighted by molar-refractivity contribution is 6.99. The van der Waals surface area contributed by atoms with Crippen LogP contribution in [-0.2, 0) is 9.22 Å². The van der Waals surface area contributed by atoms with Gasteiger partial charge in [0.05, 0.1) is 17.7 Å². The molecule has 3 rings (SSSR count). The fourth-order valence-electron chi connectivity index (χ4n) is 4.58. The Kier molecular flexibility index (Phi) is 5.78. The summed E-state index contributed by atoms with van der Waals surface area (Å²) >= 11 is 0. The van der Waals surface area contributed by atoms with E-state index < -0.39 is 19.5 Å². The minimum Gasteiger partial charge on any atom is -0.405 e. The Morgan fingerprint density at radius 1 is 1.03 bits per heavy atom. The number of rotatable bonds is 6. The molecule has 1 aliphatic carbocycles. The van der Waals surface area contributed by atoms with E-state index >= 15 is 0 Å². The minimum atomic E-state index is -2.72. The molecule has 0 unspecified atom stereocenters. The van der Waals surface area contributed by atoms with Crippen LogP contribution in [0.4, 0.5) is 0 Å². The van der Waals surface area contributed by atoms with Gasteiger partial charge in [0.2, 0.25) is 5.91 Å². The van der Waals surface area contributed by atoms with Crippen LogP contribution in [0.15, 0.2) is 60.7 Å². The molecule has 29 heavy (non-hydrogen) atoms. The summed E-state index contributed by atoms with van der Waals surface area (Å²) in [5.41, 5.74) is -1.74. The van der Waals surface area contributed by atoms with Crippen LogP contribution < -0.4 is 15.7 Å². The Balaban J connectivity index is 2.10. The molecule has 0 aliphatic heterocycles. The van der Waals surface area contributed by atoms with Gasteiger partial charge in [0, 0.05) is 6.92 Å². The zero-order valence-corrected chi connectivity index (χ0v) is 19.2. The van der Waals surface area contributed by atoms with Crippen LogP contribution in [0, 0.1) is 0 Å². The van der Waals surface area contributed by atoms with Crippen LogP contribution in [0.1, 0.15) is 47.5 Å². The number of hydrogen-bond acceptors (Lipinski definition) is 3. The molecule has 0 bridgehead atoms. The summed E-state index contributed by atoms with van der Waals surface area (Å²) in [7, 11) is -2.72. The zero-order chi connectivity index (χ0) is 21.3. The van der Waals surface area contributed by atoms with Crippen molar-refractivity contribution in [2.75, 3.05) is 6.61 Å². The summed E-state index contributed by atoms with van der Waals surface area (Å²) in [6, 6.07) is 20.8. The Morgan fingerprint density at radius 3 is 1.83 bits per heavy atom. The van der Waals surface area contributed by atoms with E-state index in [0.717, 1.165) is 0 Å². The largest absolute Gasteiger partial charge is 0.405 e. The van der Waals surface area contributed by atoms with Crippen LogP contribution in [0.25, 0.3) is 0 Å². The maximum Gasteiger partial charge on any atom is 0.261 e. The third-order valence-corrected chi connectivity index (χ3v) is 11.4. The van der Waals surface area contributed by atoms with Gasteiger partial charge in [-0.25, -0.2) is 0 Å². The lowest BCUT2D eigenvalue weighted by atomic mass is 9.64. The third-order valence-electron chi connectivity index (χ3n) is 6.44. The molecule has 4 nitrogen and oxygen atoms in total. The molecule has 2 atom stereocenters. The number of amides is 1. The van der Waals surface area contributed by atoms with Crippen LogP contribution >= 0.6 is 0 Å². The van der Waals surface area contributed by atoms with E-state index in [1.54, 1.807) is 6.92 Å². The lowest BCUT2D eigenvalue weighted by Crippen LogP contribution is -2.75. The predicted octanol–water partition coefficient (Wildman–Crippen LogP) is 2.98. The summed E-state index contributed by atoms with van der Waals surface area (Å²) in [5, 5.41) is 16.2. The molecule has 0 saturated heterocycles. The monoisotopic (exact) mass is 411 g/mol. The molecular weight excluding hydrogens is 378 g/mol. The van der Waals surface area contributed by atoms with Crippen LogP contribution in [0.3, 0.4) is 0 Å². The van der Waals surface area contributed by atoms with E-state index in [4.69, 9.17) is 4.43 Å². The van der Waals surface area contributed by atoms with Crippen molar-refractivity contribution in [1.82, 2.24) is 5.32 Å². The molecule has 1 saturated carbocycles. The van der Waals surface area contributed by atoms with E-state index in [2.05, 4.69) is 74.6 Å². The average Bonchev–Trinajstić information content (AvgIpc) is 2.67. The van der Waals surface area contributed by atoms with E-state index in [1.807, 2.05) is 12.1 Å². The fourth-order valence-corrected chi connectivity index (χ4v) is 9.20. The van der Waals surface area contributed by atoms with Crippen molar-refractivity contribution in [2.24, 2.45) is 0 Å². The standard InChI is InChI=1S/C24H33NO3Si/c1-19(26)25-24(17-16-23(24,5)27)18-28-29(22(2,3)4,20-12-8-6-9-13-20)21-14-10-7-11-15-21/h6-15,27H,16-18H2,1-5H3,(H,25,26)/t23-,24-/m0/s1. The van der Waals surface area contributed by atoms with E-state index in [9.17, 15) is 9.90 Å². The van der Waals surface area contributed by atoms with Gasteiger partial charge in [-0.1, -0.05) is 81.4 Å². The summed E-state index contributed by atoms with van der Waals surface area (Å²) in [6.45, 7) is 10.3. The van der Waals surface area contributed by atoms with Crippen molar-refractivity contribution >= 4 is 24.6 Å². The quantitative estimate of drug-likeness (QED) is 0.719. The number of carbonyl (C=O) groups excluding carboxylic acids is 1. The lowest BCUT2D eigenvalue weighted by molar-refractivity contribution is -0.149. The highest BCUT2D eigenvalue weighted by Gasteiger charge is 2.59. The van der Waals surface area contributed by atoms with Gasteiger partial charge in [-0.3, -0.25) is 4.79 Å². The van der Waals surface area contributed by atoms with Crippen molar-refractivity contribution in [3.63, 3.8) is 0 Å². The number of nitrogens with one attached hydrogen (secondary N) is 1. The second-order valence-corrected chi connectivity index (χ2v) is 13.8. The molecule has 0 heterocycles. The Labute approximate surface area is 175 Å². The van der Waals surface area contributed by atoms with Gasteiger partial charge in [-0.15, -0.1) is 0 Å². The zero-order valence-electron chi connectivity index (χ0n) is 18.2. The molecule has 5 heteroatoms. The number of benzene rings is 2. The average molecular weight is 412 g/mol. The third kappa shape index (κ3) is 3.79. The van der Waals surface area contributed by atoms with Crippen molar-refractivity contribution in [2.45, 2.75) is 63.6 Å². The second-order valence-electron chi connectivity index (χ2n) is 9.49. The van der Waals surface area contributed by atoms with Crippen LogP contribution in [0.5, 0.6) is 0 Å². The molecule has 1 fully saturated rings. The second kappa shape index (κ2) is 7.71. The predicted molar refractivity (Wildman–Crippen MR) is 120 cm³/mol. The smallest absolute Gasteiger partial charge is 0.261 e. The maximum atomic E-state index is 11.9. The maximum absolute atomic E-state index is 11.9. The summed E-state index contributed by atoms with van der Waals surface area (Å²) in [4.78, 5) is 11.9. The molecule has 156 valence electrons. The molecule has 1 amide bonds. The van der Waals surface area contributed by atoms with Crippen LogP contribution in [0.2, 0.25) is 5.04 Å². The molecule has 2 aromatic carbocycles. The van der Waals surface area contributed by atoms with Gasteiger partial charge in [-0.05, 0) is 35.2 Å². The van der Waals surface area contributed by atoms with Crippen LogP contribution in [-0.4, -0.2) is 37.1 Å². The van der Waals surface area contributed by atoms with Crippen molar-refractivity contribution < 1.29 is 14.3 Å². The van der Waals surface area contributed by atoms with Gasteiger partial charge >= 0.3 is 0 Å². The van der Waals surface area contributed by atoms with Crippen molar-refractivity contribution in [1.29, 1.82) is 0 Å². The highest BCUT2D eigenvalue weighted by atomic mass is 28.4. The van der Waals surface area contributed by atoms with E-state index in [0.29, 0.717) is 12.8 Å². The SMILES string of the molecule is CC(=O)N[C@]1(CO[Si](c2ccccc2)(c2ccccc2)C(C)(C)C)CC[C@]1(C)O. The normalized spacial score (nSPS) is 24.6. The Hall–Kier alpha value is -1.95. The molecule has 0 radical (unpaired) electrons. The Morgan fingerprint density at radius 2 is 1.52 bits per heavy atom. The molecule has 2 N–H and O–H groups in total. The number of carbonyl (C=O) groups is 1. The van der Waals surface area contributed by atoms with Gasteiger partial charge in [-0.2, -0.15) is 0 Å². The first-order chi connectivity index (χ1) is 13.5. The summed E-state index contributed by atoms with van der Waals surface area (Å²) in [5.74, 6) is -0.143.